The van der Waals surface area contributed by atoms with Gasteiger partial charge in [-0.05, 0) is 61.0 Å². The van der Waals surface area contributed by atoms with Crippen molar-refractivity contribution in [2.24, 2.45) is 0 Å². The zero-order valence-corrected chi connectivity index (χ0v) is 11.7. The molecule has 4 heteroatoms. The average molecular weight is 280 g/mol. The monoisotopic (exact) mass is 280 g/mol. The first-order valence-electron chi connectivity index (χ1n) is 6.85. The van der Waals surface area contributed by atoms with Crippen LogP contribution in [0.4, 0.5) is 0 Å². The normalized spacial score (nSPS) is 10.7. The summed E-state index contributed by atoms with van der Waals surface area (Å²) >= 11 is 0. The van der Waals surface area contributed by atoms with E-state index in [-0.39, 0.29) is 11.5 Å². The van der Waals surface area contributed by atoms with Crippen molar-refractivity contribution in [3.05, 3.63) is 60.3 Å². The second-order valence-electron chi connectivity index (χ2n) is 4.85. The minimum absolute atomic E-state index is 0.239. The number of aromatic nitrogens is 2. The van der Waals surface area contributed by atoms with E-state index in [0.29, 0.717) is 0 Å². The maximum atomic E-state index is 9.39. The lowest BCUT2D eigenvalue weighted by Crippen LogP contribution is -2.00. The number of nitrogens with zero attached hydrogens (tertiary/aromatic N) is 2. The minimum Gasteiger partial charge on any atom is -0.508 e. The van der Waals surface area contributed by atoms with Gasteiger partial charge < -0.3 is 10.2 Å². The predicted molar refractivity (Wildman–Crippen MR) is 81.7 cm³/mol. The van der Waals surface area contributed by atoms with Crippen molar-refractivity contribution in [2.75, 3.05) is 0 Å². The van der Waals surface area contributed by atoms with Crippen LogP contribution in [0, 0.1) is 0 Å². The summed E-state index contributed by atoms with van der Waals surface area (Å²) in [5, 5.41) is 23.4. The number of aryl methyl sites for hydroxylation is 1. The molecule has 3 aromatic rings. The third-order valence-corrected chi connectivity index (χ3v) is 3.40. The molecule has 0 saturated heterocycles. The summed E-state index contributed by atoms with van der Waals surface area (Å²) in [7, 11) is 0. The summed E-state index contributed by atoms with van der Waals surface area (Å²) in [6.07, 6.45) is 0.853. The van der Waals surface area contributed by atoms with Crippen molar-refractivity contribution in [2.45, 2.75) is 13.3 Å². The molecule has 2 aromatic carbocycles. The molecule has 0 unspecified atom stereocenters. The number of aromatic hydroxyl groups is 2. The molecule has 2 N–H and O–H groups in total. The van der Waals surface area contributed by atoms with Crippen LogP contribution in [0.2, 0.25) is 0 Å². The zero-order valence-electron chi connectivity index (χ0n) is 11.7. The van der Waals surface area contributed by atoms with Gasteiger partial charge in [0.25, 0.3) is 0 Å². The first-order valence-corrected chi connectivity index (χ1v) is 6.85. The molecular formula is C17H16N2O2. The van der Waals surface area contributed by atoms with E-state index >= 15 is 0 Å². The number of rotatable bonds is 3. The second-order valence-corrected chi connectivity index (χ2v) is 4.85. The Kier molecular flexibility index (Phi) is 3.36. The first kappa shape index (κ1) is 13.2. The molecule has 3 rings (SSSR count). The Labute approximate surface area is 122 Å². The van der Waals surface area contributed by atoms with E-state index in [4.69, 9.17) is 0 Å². The molecule has 4 nitrogen and oxygen atoms in total. The highest BCUT2D eigenvalue weighted by molar-refractivity contribution is 5.61. The van der Waals surface area contributed by atoms with Crippen molar-refractivity contribution < 1.29 is 10.2 Å². The number of hydrogen-bond donors (Lipinski definition) is 2. The fraction of sp³-hybridized carbons (Fsp3) is 0.118. The Hall–Kier alpha value is -2.75. The first-order chi connectivity index (χ1) is 10.2. The smallest absolute Gasteiger partial charge is 0.115 e. The van der Waals surface area contributed by atoms with Gasteiger partial charge in [0.15, 0.2) is 0 Å². The summed E-state index contributed by atoms with van der Waals surface area (Å²) in [5.41, 5.74) is 3.82. The van der Waals surface area contributed by atoms with Crippen LogP contribution in [0.3, 0.4) is 0 Å². The molecule has 0 spiro atoms. The van der Waals surface area contributed by atoms with E-state index in [1.54, 1.807) is 24.3 Å². The highest BCUT2D eigenvalue weighted by Crippen LogP contribution is 2.24. The molecule has 0 aliphatic heterocycles. The number of hydrogen-bond acceptors (Lipinski definition) is 3. The largest absolute Gasteiger partial charge is 0.508 e. The number of phenols is 2. The van der Waals surface area contributed by atoms with E-state index in [2.05, 4.69) is 12.0 Å². The average Bonchev–Trinajstić information content (AvgIpc) is 2.93. The summed E-state index contributed by atoms with van der Waals surface area (Å²) in [5.74, 6) is 0.482. The fourth-order valence-electron chi connectivity index (χ4n) is 2.26. The van der Waals surface area contributed by atoms with Gasteiger partial charge in [0.1, 0.15) is 11.5 Å². The van der Waals surface area contributed by atoms with Gasteiger partial charge >= 0.3 is 0 Å². The molecule has 0 aliphatic rings. The van der Waals surface area contributed by atoms with Gasteiger partial charge in [0.05, 0.1) is 11.4 Å². The van der Waals surface area contributed by atoms with Gasteiger partial charge in [-0.3, -0.25) is 0 Å². The van der Waals surface area contributed by atoms with E-state index < -0.39 is 0 Å². The quantitative estimate of drug-likeness (QED) is 0.771. The standard InChI is InChI=1S/C17H16N2O2/c1-2-13-11-17(12-3-7-15(20)8-4-12)18-19(13)14-5-9-16(21)10-6-14/h3-11,20-21H,2H2,1H3. The second kappa shape index (κ2) is 5.32. The molecule has 21 heavy (non-hydrogen) atoms. The number of benzene rings is 2. The predicted octanol–water partition coefficient (Wildman–Crippen LogP) is 3.51. The van der Waals surface area contributed by atoms with Crippen LogP contribution in [0.15, 0.2) is 54.6 Å². The number of phenolic OH excluding ortho intramolecular Hbond substituents is 2. The van der Waals surface area contributed by atoms with Gasteiger partial charge in [0, 0.05) is 11.3 Å². The highest BCUT2D eigenvalue weighted by Gasteiger charge is 2.10. The van der Waals surface area contributed by atoms with Crippen LogP contribution < -0.4 is 0 Å². The molecule has 0 bridgehead atoms. The third kappa shape index (κ3) is 2.60. The van der Waals surface area contributed by atoms with Crippen LogP contribution in [0.1, 0.15) is 12.6 Å². The fourth-order valence-corrected chi connectivity index (χ4v) is 2.26. The van der Waals surface area contributed by atoms with Crippen LogP contribution >= 0.6 is 0 Å². The molecule has 0 amide bonds. The molecule has 0 radical (unpaired) electrons. The zero-order chi connectivity index (χ0) is 14.8. The summed E-state index contributed by atoms with van der Waals surface area (Å²) in [6.45, 7) is 2.08. The molecule has 0 saturated carbocycles. The van der Waals surface area contributed by atoms with Crippen molar-refractivity contribution in [1.29, 1.82) is 0 Å². The van der Waals surface area contributed by atoms with Crippen molar-refractivity contribution >= 4 is 0 Å². The van der Waals surface area contributed by atoms with Gasteiger partial charge in [-0.15, -0.1) is 0 Å². The minimum atomic E-state index is 0.239. The van der Waals surface area contributed by atoms with Crippen LogP contribution in [-0.4, -0.2) is 20.0 Å². The molecule has 0 fully saturated rings. The van der Waals surface area contributed by atoms with E-state index in [1.165, 1.54) is 0 Å². The van der Waals surface area contributed by atoms with E-state index in [0.717, 1.165) is 29.1 Å². The molecule has 106 valence electrons. The summed E-state index contributed by atoms with van der Waals surface area (Å²) < 4.78 is 1.88. The Morgan fingerprint density at radius 1 is 0.905 bits per heavy atom. The van der Waals surface area contributed by atoms with Crippen LogP contribution in [-0.2, 0) is 6.42 Å². The summed E-state index contributed by atoms with van der Waals surface area (Å²) in [6, 6.07) is 16.0. The Bertz CT molecular complexity index is 743. The molecule has 1 aromatic heterocycles. The lowest BCUT2D eigenvalue weighted by Gasteiger charge is -2.05. The lowest BCUT2D eigenvalue weighted by molar-refractivity contribution is 0.474. The Morgan fingerprint density at radius 2 is 1.48 bits per heavy atom. The van der Waals surface area contributed by atoms with Crippen molar-refractivity contribution in [3.63, 3.8) is 0 Å². The Morgan fingerprint density at radius 3 is 2.05 bits per heavy atom. The molecule has 0 aliphatic carbocycles. The summed E-state index contributed by atoms with van der Waals surface area (Å²) in [4.78, 5) is 0. The maximum Gasteiger partial charge on any atom is 0.115 e. The van der Waals surface area contributed by atoms with Gasteiger partial charge in [-0.2, -0.15) is 5.10 Å². The van der Waals surface area contributed by atoms with Crippen LogP contribution in [0.5, 0.6) is 11.5 Å². The Balaban J connectivity index is 2.05. The molecular weight excluding hydrogens is 264 g/mol. The van der Waals surface area contributed by atoms with Gasteiger partial charge in [-0.1, -0.05) is 6.92 Å². The van der Waals surface area contributed by atoms with E-state index in [1.807, 2.05) is 35.0 Å². The molecule has 1 heterocycles. The van der Waals surface area contributed by atoms with Crippen LogP contribution in [0.25, 0.3) is 16.9 Å². The van der Waals surface area contributed by atoms with Gasteiger partial charge in [0.2, 0.25) is 0 Å². The van der Waals surface area contributed by atoms with Gasteiger partial charge in [-0.25, -0.2) is 4.68 Å². The topological polar surface area (TPSA) is 58.3 Å². The van der Waals surface area contributed by atoms with Crippen molar-refractivity contribution in [3.8, 4) is 28.4 Å². The van der Waals surface area contributed by atoms with E-state index in [9.17, 15) is 10.2 Å². The van der Waals surface area contributed by atoms with Crippen molar-refractivity contribution in [1.82, 2.24) is 9.78 Å². The third-order valence-electron chi connectivity index (χ3n) is 3.40. The SMILES string of the molecule is CCc1cc(-c2ccc(O)cc2)nn1-c1ccc(O)cc1. The maximum absolute atomic E-state index is 9.39. The highest BCUT2D eigenvalue weighted by atomic mass is 16.3. The molecule has 0 atom stereocenters. The lowest BCUT2D eigenvalue weighted by atomic mass is 10.1.